The molecular formula is C12H14BrFO. The predicted octanol–water partition coefficient (Wildman–Crippen LogP) is 3.74. The molecule has 0 heterocycles. The maximum Gasteiger partial charge on any atom is 0.124 e. The van der Waals surface area contributed by atoms with Crippen LogP contribution in [0.5, 0.6) is 0 Å². The number of hydrogen-bond acceptors (Lipinski definition) is 1. The highest BCUT2D eigenvalue weighted by Gasteiger charge is 2.32. The van der Waals surface area contributed by atoms with Crippen molar-refractivity contribution in [2.75, 3.05) is 0 Å². The van der Waals surface area contributed by atoms with E-state index in [0.717, 1.165) is 31.2 Å². The van der Waals surface area contributed by atoms with Gasteiger partial charge in [-0.25, -0.2) is 4.39 Å². The molecule has 0 spiro atoms. The quantitative estimate of drug-likeness (QED) is 0.826. The van der Waals surface area contributed by atoms with E-state index in [2.05, 4.69) is 15.9 Å². The van der Waals surface area contributed by atoms with Crippen LogP contribution < -0.4 is 0 Å². The van der Waals surface area contributed by atoms with Gasteiger partial charge in [-0.1, -0.05) is 41.3 Å². The largest absolute Gasteiger partial charge is 0.385 e. The van der Waals surface area contributed by atoms with Crippen LogP contribution in [-0.4, -0.2) is 5.11 Å². The average Bonchev–Trinajstić information content (AvgIpc) is 2.18. The average molecular weight is 273 g/mol. The molecule has 1 aliphatic carbocycles. The van der Waals surface area contributed by atoms with Gasteiger partial charge in [-0.2, -0.15) is 0 Å². The summed E-state index contributed by atoms with van der Waals surface area (Å²) in [6, 6.07) is 4.51. The Morgan fingerprint density at radius 3 is 2.47 bits per heavy atom. The zero-order valence-electron chi connectivity index (χ0n) is 8.47. The molecule has 1 N–H and O–H groups in total. The van der Waals surface area contributed by atoms with Crippen LogP contribution in [-0.2, 0) is 5.60 Å². The molecule has 0 amide bonds. The summed E-state index contributed by atoms with van der Waals surface area (Å²) >= 11 is 3.32. The minimum atomic E-state index is -0.759. The van der Waals surface area contributed by atoms with E-state index in [1.807, 2.05) is 0 Å². The van der Waals surface area contributed by atoms with Crippen LogP contribution in [0.1, 0.15) is 37.7 Å². The molecule has 0 atom stereocenters. The van der Waals surface area contributed by atoms with Crippen LogP contribution in [0.15, 0.2) is 22.7 Å². The molecule has 1 saturated carbocycles. The van der Waals surface area contributed by atoms with Crippen molar-refractivity contribution in [3.05, 3.63) is 34.1 Å². The van der Waals surface area contributed by atoms with E-state index in [1.165, 1.54) is 18.6 Å². The Morgan fingerprint density at radius 2 is 1.87 bits per heavy atom. The highest BCUT2D eigenvalue weighted by molar-refractivity contribution is 9.10. The lowest BCUT2D eigenvalue weighted by atomic mass is 9.80. The van der Waals surface area contributed by atoms with Crippen LogP contribution in [0.4, 0.5) is 4.39 Å². The first-order chi connectivity index (χ1) is 7.12. The minimum absolute atomic E-state index is 0.273. The zero-order chi connectivity index (χ0) is 10.9. The summed E-state index contributed by atoms with van der Waals surface area (Å²) < 4.78 is 13.6. The summed E-state index contributed by atoms with van der Waals surface area (Å²) in [4.78, 5) is 0. The van der Waals surface area contributed by atoms with E-state index in [0.29, 0.717) is 4.47 Å². The normalized spacial score (nSPS) is 20.2. The second-order valence-electron chi connectivity index (χ2n) is 4.22. The lowest BCUT2D eigenvalue weighted by Gasteiger charge is -2.33. The Hall–Kier alpha value is -0.410. The summed E-state index contributed by atoms with van der Waals surface area (Å²) in [6.07, 6.45) is 4.82. The topological polar surface area (TPSA) is 20.2 Å². The molecule has 15 heavy (non-hydrogen) atoms. The third-order valence-electron chi connectivity index (χ3n) is 3.11. The summed E-state index contributed by atoms with van der Waals surface area (Å²) in [5.74, 6) is -0.273. The molecular weight excluding hydrogens is 259 g/mol. The fourth-order valence-corrected chi connectivity index (χ4v) is 2.99. The Bertz CT molecular complexity index is 359. The summed E-state index contributed by atoms with van der Waals surface area (Å²) in [6.45, 7) is 0. The first-order valence-corrected chi connectivity index (χ1v) is 6.09. The van der Waals surface area contributed by atoms with Gasteiger partial charge in [-0.05, 0) is 30.5 Å². The van der Waals surface area contributed by atoms with Gasteiger partial charge in [-0.3, -0.25) is 0 Å². The molecule has 0 radical (unpaired) electrons. The molecule has 0 aliphatic heterocycles. The van der Waals surface area contributed by atoms with Gasteiger partial charge in [0, 0.05) is 4.47 Å². The monoisotopic (exact) mass is 272 g/mol. The van der Waals surface area contributed by atoms with E-state index < -0.39 is 5.60 Å². The Morgan fingerprint density at radius 1 is 1.20 bits per heavy atom. The summed E-state index contributed by atoms with van der Waals surface area (Å²) in [5, 5.41) is 10.5. The third-order valence-corrected chi connectivity index (χ3v) is 3.77. The van der Waals surface area contributed by atoms with Gasteiger partial charge in [-0.15, -0.1) is 0 Å². The van der Waals surface area contributed by atoms with E-state index in [9.17, 15) is 9.50 Å². The van der Waals surface area contributed by atoms with Crippen molar-refractivity contribution in [2.45, 2.75) is 37.7 Å². The zero-order valence-corrected chi connectivity index (χ0v) is 10.1. The summed E-state index contributed by atoms with van der Waals surface area (Å²) in [7, 11) is 0. The second kappa shape index (κ2) is 4.22. The van der Waals surface area contributed by atoms with Crippen LogP contribution in [0.3, 0.4) is 0 Å². The van der Waals surface area contributed by atoms with Gasteiger partial charge in [0.2, 0.25) is 0 Å². The number of hydrogen-bond donors (Lipinski definition) is 1. The highest BCUT2D eigenvalue weighted by Crippen LogP contribution is 2.40. The maximum absolute atomic E-state index is 12.9. The molecule has 1 fully saturated rings. The number of benzene rings is 1. The number of halogens is 2. The van der Waals surface area contributed by atoms with E-state index in [4.69, 9.17) is 0 Å². The van der Waals surface area contributed by atoms with Gasteiger partial charge in [0.25, 0.3) is 0 Å². The fourth-order valence-electron chi connectivity index (χ4n) is 2.27. The molecule has 2 rings (SSSR count). The smallest absolute Gasteiger partial charge is 0.124 e. The van der Waals surface area contributed by atoms with E-state index >= 15 is 0 Å². The molecule has 3 heteroatoms. The van der Waals surface area contributed by atoms with Gasteiger partial charge in [0.05, 0.1) is 5.60 Å². The van der Waals surface area contributed by atoms with Gasteiger partial charge in [0.15, 0.2) is 0 Å². The molecule has 0 aromatic heterocycles. The molecule has 1 aliphatic rings. The summed E-state index contributed by atoms with van der Waals surface area (Å²) in [5.41, 5.74) is 0.0636. The lowest BCUT2D eigenvalue weighted by Crippen LogP contribution is -2.28. The second-order valence-corrected chi connectivity index (χ2v) is 5.07. The number of rotatable bonds is 1. The van der Waals surface area contributed by atoms with Crippen molar-refractivity contribution in [3.63, 3.8) is 0 Å². The lowest BCUT2D eigenvalue weighted by molar-refractivity contribution is -0.00134. The van der Waals surface area contributed by atoms with Gasteiger partial charge < -0.3 is 5.11 Å². The van der Waals surface area contributed by atoms with Gasteiger partial charge in [0.1, 0.15) is 5.82 Å². The number of aliphatic hydroxyl groups is 1. The molecule has 0 unspecified atom stereocenters. The van der Waals surface area contributed by atoms with Crippen molar-refractivity contribution in [3.8, 4) is 0 Å². The molecule has 0 bridgehead atoms. The minimum Gasteiger partial charge on any atom is -0.385 e. The Kier molecular flexibility index (Phi) is 3.12. The van der Waals surface area contributed by atoms with E-state index in [-0.39, 0.29) is 5.82 Å². The Balaban J connectivity index is 2.35. The van der Waals surface area contributed by atoms with Crippen LogP contribution in [0.25, 0.3) is 0 Å². The van der Waals surface area contributed by atoms with Crippen molar-refractivity contribution >= 4 is 15.9 Å². The van der Waals surface area contributed by atoms with Crippen LogP contribution >= 0.6 is 15.9 Å². The van der Waals surface area contributed by atoms with E-state index in [1.54, 1.807) is 6.07 Å². The maximum atomic E-state index is 12.9. The van der Waals surface area contributed by atoms with Gasteiger partial charge >= 0.3 is 0 Å². The molecule has 1 nitrogen and oxygen atoms in total. The van der Waals surface area contributed by atoms with Crippen molar-refractivity contribution < 1.29 is 9.50 Å². The molecule has 0 saturated heterocycles. The highest BCUT2D eigenvalue weighted by atomic mass is 79.9. The molecule has 1 aromatic rings. The van der Waals surface area contributed by atoms with Crippen molar-refractivity contribution in [1.82, 2.24) is 0 Å². The first-order valence-electron chi connectivity index (χ1n) is 5.30. The van der Waals surface area contributed by atoms with Crippen LogP contribution in [0, 0.1) is 5.82 Å². The molecule has 1 aromatic carbocycles. The van der Waals surface area contributed by atoms with Crippen LogP contribution in [0.2, 0.25) is 0 Å². The standard InChI is InChI=1S/C12H14BrFO/c13-11-8-9(14)4-5-10(11)12(15)6-2-1-3-7-12/h4-5,8,15H,1-3,6-7H2. The van der Waals surface area contributed by atoms with Crippen molar-refractivity contribution in [2.24, 2.45) is 0 Å². The Labute approximate surface area is 97.4 Å². The third kappa shape index (κ3) is 2.23. The molecule has 82 valence electrons. The SMILES string of the molecule is OC1(c2ccc(F)cc2Br)CCCCC1. The fraction of sp³-hybridized carbons (Fsp3) is 0.500. The first kappa shape index (κ1) is 11.1. The van der Waals surface area contributed by atoms with Crippen molar-refractivity contribution in [1.29, 1.82) is 0 Å². The predicted molar refractivity (Wildman–Crippen MR) is 61.1 cm³/mol.